The van der Waals surface area contributed by atoms with E-state index in [9.17, 15) is 18.2 Å². The molecule has 3 amide bonds. The fourth-order valence-electron chi connectivity index (χ4n) is 1.90. The van der Waals surface area contributed by atoms with E-state index in [1.807, 2.05) is 12.2 Å². The number of nitrogens with one attached hydrogen (secondary N) is 1. The van der Waals surface area contributed by atoms with E-state index < -0.39 is 33.0 Å². The third-order valence-electron chi connectivity index (χ3n) is 3.13. The number of rotatable bonds is 2. The van der Waals surface area contributed by atoms with Gasteiger partial charge in [-0.05, 0) is 31.2 Å². The Labute approximate surface area is 144 Å². The minimum Gasteiger partial charge on any atom is -0.271 e. The van der Waals surface area contributed by atoms with Gasteiger partial charge in [0.05, 0.1) is 20.3 Å². The van der Waals surface area contributed by atoms with Crippen molar-refractivity contribution in [2.45, 2.75) is 11.8 Å². The predicted octanol–water partition coefficient (Wildman–Crippen LogP) is 3.79. The Bertz CT molecular complexity index is 899. The molecule has 0 radical (unpaired) electrons. The van der Waals surface area contributed by atoms with Gasteiger partial charge in [0, 0.05) is 11.2 Å². The molecule has 1 N–H and O–H groups in total. The number of nitrogens with zero attached hydrogens (tertiary/aromatic N) is 1. The molecule has 0 saturated heterocycles. The van der Waals surface area contributed by atoms with Crippen molar-refractivity contribution < 1.29 is 18.2 Å². The number of hydrogen-bond donors (Lipinski definition) is 1. The maximum absolute atomic E-state index is 13.6. The molecule has 8 heteroatoms. The van der Waals surface area contributed by atoms with Crippen LogP contribution in [0.15, 0.2) is 51.7 Å². The maximum atomic E-state index is 13.6. The smallest absolute Gasteiger partial charge is 0.271 e. The minimum atomic E-state index is -3.04. The van der Waals surface area contributed by atoms with Gasteiger partial charge < -0.3 is 0 Å². The minimum absolute atomic E-state index is 0.143. The maximum Gasteiger partial charge on any atom is 0.356 e. The number of imide groups is 1. The molecule has 24 heavy (non-hydrogen) atoms. The number of amides is 3. The zero-order valence-electron chi connectivity index (χ0n) is 12.9. The van der Waals surface area contributed by atoms with E-state index in [2.05, 4.69) is 4.36 Å². The molecule has 2 aromatic rings. The van der Waals surface area contributed by atoms with Gasteiger partial charge in [0.1, 0.15) is 5.82 Å². The van der Waals surface area contributed by atoms with Crippen LogP contribution in [-0.4, -0.2) is 22.4 Å². The molecule has 0 saturated carbocycles. The van der Waals surface area contributed by atoms with Gasteiger partial charge in [0.2, 0.25) is 0 Å². The van der Waals surface area contributed by atoms with E-state index in [0.717, 1.165) is 11.6 Å². The second kappa shape index (κ2) is 7.11. The molecule has 0 spiro atoms. The molecule has 0 unspecified atom stereocenters. The van der Waals surface area contributed by atoms with Crippen LogP contribution in [0.2, 0.25) is 5.02 Å². The summed E-state index contributed by atoms with van der Waals surface area (Å²) in [6.07, 6.45) is 1.28. The Balaban J connectivity index is 2.25. The molecular weight excluding hydrogens is 355 g/mol. The highest BCUT2D eigenvalue weighted by molar-refractivity contribution is 7.93. The van der Waals surface area contributed by atoms with Crippen molar-refractivity contribution in [3.63, 3.8) is 0 Å². The van der Waals surface area contributed by atoms with Gasteiger partial charge in [-0.3, -0.25) is 10.1 Å². The van der Waals surface area contributed by atoms with Crippen molar-refractivity contribution in [3.05, 3.63) is 64.4 Å². The van der Waals surface area contributed by atoms with Crippen molar-refractivity contribution in [2.24, 2.45) is 4.36 Å². The van der Waals surface area contributed by atoms with Crippen LogP contribution in [0.25, 0.3) is 0 Å². The van der Waals surface area contributed by atoms with Crippen molar-refractivity contribution >= 4 is 33.3 Å². The second-order valence-electron chi connectivity index (χ2n) is 5.06. The first-order chi connectivity index (χ1) is 11.2. The number of urea groups is 1. The van der Waals surface area contributed by atoms with Crippen LogP contribution < -0.4 is 5.32 Å². The van der Waals surface area contributed by atoms with Gasteiger partial charge in [-0.15, -0.1) is 4.36 Å². The highest BCUT2D eigenvalue weighted by atomic mass is 35.5. The Morgan fingerprint density at radius 1 is 1.17 bits per heavy atom. The third-order valence-corrected chi connectivity index (χ3v) is 5.10. The molecule has 0 aliphatic carbocycles. The van der Waals surface area contributed by atoms with Gasteiger partial charge in [-0.25, -0.2) is 13.4 Å². The van der Waals surface area contributed by atoms with Crippen LogP contribution >= 0.6 is 11.6 Å². The lowest BCUT2D eigenvalue weighted by Gasteiger charge is -2.07. The lowest BCUT2D eigenvalue weighted by atomic mass is 10.2. The molecule has 0 heterocycles. The van der Waals surface area contributed by atoms with E-state index in [-0.39, 0.29) is 5.02 Å². The molecule has 0 aromatic heterocycles. The number of hydrogen-bond acceptors (Lipinski definition) is 3. The van der Waals surface area contributed by atoms with Gasteiger partial charge in [0.15, 0.2) is 0 Å². The molecule has 5 nitrogen and oxygen atoms in total. The van der Waals surface area contributed by atoms with E-state index in [4.69, 9.17) is 11.6 Å². The highest BCUT2D eigenvalue weighted by Crippen LogP contribution is 2.19. The van der Waals surface area contributed by atoms with E-state index >= 15 is 0 Å². The number of benzene rings is 2. The second-order valence-corrected chi connectivity index (χ2v) is 7.73. The summed E-state index contributed by atoms with van der Waals surface area (Å²) in [6, 6.07) is 9.19. The molecule has 0 aliphatic heterocycles. The van der Waals surface area contributed by atoms with Gasteiger partial charge in [0.25, 0.3) is 5.91 Å². The summed E-state index contributed by atoms with van der Waals surface area (Å²) in [7, 11) is -3.04. The monoisotopic (exact) mass is 368 g/mol. The largest absolute Gasteiger partial charge is 0.356 e. The average Bonchev–Trinajstić information content (AvgIpc) is 2.46. The number of carbonyl (C=O) groups is 2. The first-order valence-electron chi connectivity index (χ1n) is 6.79. The van der Waals surface area contributed by atoms with Gasteiger partial charge in [-0.2, -0.15) is 0 Å². The molecule has 0 fully saturated rings. The lowest BCUT2D eigenvalue weighted by Crippen LogP contribution is -2.29. The van der Waals surface area contributed by atoms with Crippen LogP contribution in [-0.2, 0) is 9.73 Å². The summed E-state index contributed by atoms with van der Waals surface area (Å²) in [6.45, 7) is 1.86. The molecule has 0 aliphatic rings. The number of halogens is 2. The van der Waals surface area contributed by atoms with Crippen LogP contribution in [0.5, 0.6) is 0 Å². The van der Waals surface area contributed by atoms with Crippen LogP contribution in [0, 0.1) is 12.7 Å². The van der Waals surface area contributed by atoms with Crippen molar-refractivity contribution in [1.82, 2.24) is 5.32 Å². The molecule has 0 bridgehead atoms. The van der Waals surface area contributed by atoms with E-state index in [1.54, 1.807) is 24.3 Å². The highest BCUT2D eigenvalue weighted by Gasteiger charge is 2.19. The number of aryl methyl sites for hydroxylation is 1. The Hall–Kier alpha value is -2.25. The number of carbonyl (C=O) groups excluding carboxylic acids is 2. The summed E-state index contributed by atoms with van der Waals surface area (Å²) >= 11 is 5.75. The standard InChI is InChI=1S/C16H14ClFN2O3S/c1-10-6-8-11(9-7-10)24(2,23)20-16(22)19-15(21)14-12(17)4-3-5-13(14)18/h3-9H,1-2H3,(H,19,21,22)/t24-/m1/s1. The first-order valence-corrected chi connectivity index (χ1v) is 9.09. The van der Waals surface area contributed by atoms with Gasteiger partial charge >= 0.3 is 6.03 Å². The van der Waals surface area contributed by atoms with Crippen LogP contribution in [0.1, 0.15) is 15.9 Å². The summed E-state index contributed by atoms with van der Waals surface area (Å²) in [5.41, 5.74) is 0.489. The average molecular weight is 369 g/mol. The van der Waals surface area contributed by atoms with Crippen molar-refractivity contribution in [2.75, 3.05) is 6.26 Å². The van der Waals surface area contributed by atoms with Crippen molar-refractivity contribution in [1.29, 1.82) is 0 Å². The fraction of sp³-hybridized carbons (Fsp3) is 0.125. The summed E-state index contributed by atoms with van der Waals surface area (Å²) in [4.78, 5) is 24.2. The third kappa shape index (κ3) is 4.18. The first kappa shape index (κ1) is 18.1. The fourth-order valence-corrected chi connectivity index (χ4v) is 3.26. The molecule has 126 valence electrons. The lowest BCUT2D eigenvalue weighted by molar-refractivity contribution is 0.0962. The quantitative estimate of drug-likeness (QED) is 0.876. The van der Waals surface area contributed by atoms with Crippen LogP contribution in [0.3, 0.4) is 0 Å². The predicted molar refractivity (Wildman–Crippen MR) is 90.2 cm³/mol. The van der Waals surface area contributed by atoms with Gasteiger partial charge in [-0.1, -0.05) is 35.4 Å². The normalized spacial score (nSPS) is 13.0. The molecular formula is C16H14ClFN2O3S. The Kier molecular flexibility index (Phi) is 5.36. The summed E-state index contributed by atoms with van der Waals surface area (Å²) in [5, 5.41) is 1.72. The molecule has 2 aromatic carbocycles. The van der Waals surface area contributed by atoms with E-state index in [0.29, 0.717) is 4.90 Å². The summed E-state index contributed by atoms with van der Waals surface area (Å²) < 4.78 is 29.7. The zero-order chi connectivity index (χ0) is 17.9. The summed E-state index contributed by atoms with van der Waals surface area (Å²) in [5.74, 6) is -1.92. The Morgan fingerprint density at radius 2 is 1.79 bits per heavy atom. The molecule has 1 atom stereocenters. The zero-order valence-corrected chi connectivity index (χ0v) is 14.5. The van der Waals surface area contributed by atoms with Crippen molar-refractivity contribution in [3.8, 4) is 0 Å². The Morgan fingerprint density at radius 3 is 2.38 bits per heavy atom. The van der Waals surface area contributed by atoms with E-state index in [1.165, 1.54) is 18.4 Å². The SMILES string of the molecule is Cc1ccc([S@@](C)(=O)=NC(=O)NC(=O)c2c(F)cccc2Cl)cc1. The molecule has 2 rings (SSSR count). The topological polar surface area (TPSA) is 75.6 Å². The van der Waals surface area contributed by atoms with Crippen LogP contribution in [0.4, 0.5) is 9.18 Å².